The topological polar surface area (TPSA) is 85.2 Å². The van der Waals surface area contributed by atoms with E-state index in [9.17, 15) is 4.79 Å². The summed E-state index contributed by atoms with van der Waals surface area (Å²) in [6, 6.07) is 2.31. The maximum Gasteiger partial charge on any atom is 0.237 e. The molecule has 0 aromatic carbocycles. The van der Waals surface area contributed by atoms with Gasteiger partial charge in [-0.3, -0.25) is 4.79 Å². The van der Waals surface area contributed by atoms with Crippen LogP contribution in [0.25, 0.3) is 0 Å². The molecule has 1 aliphatic carbocycles. The number of aryl methyl sites for hydroxylation is 2. The van der Waals surface area contributed by atoms with Crippen molar-refractivity contribution in [3.05, 3.63) is 22.9 Å². The standard InChI is InChI=1S/C15H24N4O/c1-10(2)19(9-14(17)20)15-12(8-16)7-11-5-3-4-6-13(11)18-15/h7,10H,3-6,8-9,16H2,1-2H3,(H2,17,20). The van der Waals surface area contributed by atoms with Gasteiger partial charge in [0.05, 0.1) is 6.54 Å². The Labute approximate surface area is 120 Å². The molecule has 110 valence electrons. The van der Waals surface area contributed by atoms with Crippen molar-refractivity contribution in [2.45, 2.75) is 52.1 Å². The summed E-state index contributed by atoms with van der Waals surface area (Å²) in [5, 5.41) is 0. The predicted octanol–water partition coefficient (Wildman–Crippen LogP) is 1.12. The molecular weight excluding hydrogens is 252 g/mol. The first-order valence-electron chi connectivity index (χ1n) is 7.29. The minimum Gasteiger partial charge on any atom is -0.368 e. The first-order valence-corrected chi connectivity index (χ1v) is 7.29. The fourth-order valence-electron chi connectivity index (χ4n) is 2.74. The Kier molecular flexibility index (Phi) is 4.60. The van der Waals surface area contributed by atoms with Crippen LogP contribution in [0.15, 0.2) is 6.07 Å². The first kappa shape index (κ1) is 14.8. The van der Waals surface area contributed by atoms with E-state index in [1.807, 2.05) is 18.7 Å². The van der Waals surface area contributed by atoms with Crippen LogP contribution < -0.4 is 16.4 Å². The quantitative estimate of drug-likeness (QED) is 0.844. The highest BCUT2D eigenvalue weighted by Crippen LogP contribution is 2.27. The van der Waals surface area contributed by atoms with Crippen molar-refractivity contribution in [3.63, 3.8) is 0 Å². The van der Waals surface area contributed by atoms with E-state index in [-0.39, 0.29) is 18.5 Å². The second-order valence-corrected chi connectivity index (χ2v) is 5.68. The summed E-state index contributed by atoms with van der Waals surface area (Å²) >= 11 is 0. The van der Waals surface area contributed by atoms with Gasteiger partial charge in [-0.05, 0) is 51.2 Å². The lowest BCUT2D eigenvalue weighted by Crippen LogP contribution is -2.40. The van der Waals surface area contributed by atoms with Crippen LogP contribution in [0.4, 0.5) is 5.82 Å². The van der Waals surface area contributed by atoms with E-state index in [1.54, 1.807) is 0 Å². The van der Waals surface area contributed by atoms with E-state index in [0.29, 0.717) is 6.54 Å². The van der Waals surface area contributed by atoms with Crippen LogP contribution >= 0.6 is 0 Å². The Morgan fingerprint density at radius 3 is 2.70 bits per heavy atom. The van der Waals surface area contributed by atoms with Crippen LogP contribution in [-0.4, -0.2) is 23.5 Å². The Morgan fingerprint density at radius 2 is 2.10 bits per heavy atom. The summed E-state index contributed by atoms with van der Waals surface area (Å²) in [5.74, 6) is 0.475. The van der Waals surface area contributed by atoms with Gasteiger partial charge in [0, 0.05) is 23.8 Å². The van der Waals surface area contributed by atoms with Crippen molar-refractivity contribution in [2.75, 3.05) is 11.4 Å². The summed E-state index contributed by atoms with van der Waals surface area (Å²) in [4.78, 5) is 18.0. The van der Waals surface area contributed by atoms with Gasteiger partial charge in [-0.25, -0.2) is 4.98 Å². The Hall–Kier alpha value is -1.62. The maximum atomic E-state index is 11.3. The normalized spacial score (nSPS) is 14.2. The smallest absolute Gasteiger partial charge is 0.237 e. The molecule has 1 aliphatic rings. The van der Waals surface area contributed by atoms with Crippen molar-refractivity contribution < 1.29 is 4.79 Å². The predicted molar refractivity (Wildman–Crippen MR) is 80.4 cm³/mol. The van der Waals surface area contributed by atoms with Gasteiger partial charge in [0.2, 0.25) is 5.91 Å². The molecule has 20 heavy (non-hydrogen) atoms. The number of primary amides is 1. The maximum absolute atomic E-state index is 11.3. The molecule has 1 heterocycles. The highest BCUT2D eigenvalue weighted by Gasteiger charge is 2.21. The highest BCUT2D eigenvalue weighted by molar-refractivity contribution is 5.79. The average Bonchev–Trinajstić information content (AvgIpc) is 2.42. The van der Waals surface area contributed by atoms with Crippen LogP contribution in [0.1, 0.15) is 43.5 Å². The molecule has 4 N–H and O–H groups in total. The zero-order valence-corrected chi connectivity index (χ0v) is 12.4. The van der Waals surface area contributed by atoms with Gasteiger partial charge in [0.15, 0.2) is 0 Å². The lowest BCUT2D eigenvalue weighted by molar-refractivity contribution is -0.116. The van der Waals surface area contributed by atoms with Gasteiger partial charge in [-0.2, -0.15) is 0 Å². The van der Waals surface area contributed by atoms with Crippen molar-refractivity contribution in [1.82, 2.24) is 4.98 Å². The Balaban J connectivity index is 2.44. The van der Waals surface area contributed by atoms with E-state index < -0.39 is 0 Å². The monoisotopic (exact) mass is 276 g/mol. The third-order valence-electron chi connectivity index (χ3n) is 3.80. The van der Waals surface area contributed by atoms with E-state index in [1.165, 1.54) is 18.4 Å². The molecule has 5 nitrogen and oxygen atoms in total. The van der Waals surface area contributed by atoms with E-state index in [0.717, 1.165) is 29.9 Å². The molecule has 0 saturated carbocycles. The van der Waals surface area contributed by atoms with Crippen molar-refractivity contribution >= 4 is 11.7 Å². The number of aromatic nitrogens is 1. The van der Waals surface area contributed by atoms with Gasteiger partial charge in [0.25, 0.3) is 0 Å². The number of nitrogens with zero attached hydrogens (tertiary/aromatic N) is 2. The number of fused-ring (bicyclic) bond motifs is 1. The Morgan fingerprint density at radius 1 is 1.40 bits per heavy atom. The van der Waals surface area contributed by atoms with Crippen LogP contribution in [0.5, 0.6) is 0 Å². The fraction of sp³-hybridized carbons (Fsp3) is 0.600. The van der Waals surface area contributed by atoms with Gasteiger partial charge in [-0.1, -0.05) is 0 Å². The van der Waals surface area contributed by atoms with Gasteiger partial charge >= 0.3 is 0 Å². The minimum atomic E-state index is -0.346. The summed E-state index contributed by atoms with van der Waals surface area (Å²) in [6.45, 7) is 4.67. The molecule has 0 bridgehead atoms. The van der Waals surface area contributed by atoms with E-state index >= 15 is 0 Å². The van der Waals surface area contributed by atoms with Crippen LogP contribution in [0.3, 0.4) is 0 Å². The zero-order chi connectivity index (χ0) is 14.7. The third kappa shape index (κ3) is 3.10. The lowest BCUT2D eigenvalue weighted by atomic mass is 9.94. The fourth-order valence-corrected chi connectivity index (χ4v) is 2.74. The molecular formula is C15H24N4O. The number of amides is 1. The van der Waals surface area contributed by atoms with Gasteiger partial charge in [-0.15, -0.1) is 0 Å². The van der Waals surface area contributed by atoms with Crippen LogP contribution in [-0.2, 0) is 24.2 Å². The molecule has 0 saturated heterocycles. The first-order chi connectivity index (χ1) is 9.52. The molecule has 0 spiro atoms. The van der Waals surface area contributed by atoms with E-state index in [2.05, 4.69) is 6.07 Å². The third-order valence-corrected chi connectivity index (χ3v) is 3.80. The molecule has 1 aromatic rings. The van der Waals surface area contributed by atoms with Crippen molar-refractivity contribution in [2.24, 2.45) is 11.5 Å². The number of carbonyl (C=O) groups excluding carboxylic acids is 1. The number of pyridine rings is 1. The summed E-state index contributed by atoms with van der Waals surface area (Å²) in [7, 11) is 0. The molecule has 0 unspecified atom stereocenters. The molecule has 1 aromatic heterocycles. The van der Waals surface area contributed by atoms with Crippen LogP contribution in [0.2, 0.25) is 0 Å². The number of anilines is 1. The van der Waals surface area contributed by atoms with Gasteiger partial charge < -0.3 is 16.4 Å². The number of carbonyl (C=O) groups is 1. The summed E-state index contributed by atoms with van der Waals surface area (Å²) in [5.41, 5.74) is 14.7. The average molecular weight is 276 g/mol. The second-order valence-electron chi connectivity index (χ2n) is 5.68. The minimum absolute atomic E-state index is 0.155. The molecule has 0 atom stereocenters. The summed E-state index contributed by atoms with van der Waals surface area (Å²) in [6.07, 6.45) is 4.48. The van der Waals surface area contributed by atoms with Crippen molar-refractivity contribution in [3.8, 4) is 0 Å². The van der Waals surface area contributed by atoms with Gasteiger partial charge in [0.1, 0.15) is 5.82 Å². The number of nitrogens with two attached hydrogens (primary N) is 2. The van der Waals surface area contributed by atoms with E-state index in [4.69, 9.17) is 16.5 Å². The molecule has 2 rings (SSSR count). The Bertz CT molecular complexity index is 499. The molecule has 5 heteroatoms. The van der Waals surface area contributed by atoms with Crippen molar-refractivity contribution in [1.29, 1.82) is 0 Å². The second kappa shape index (κ2) is 6.22. The molecule has 0 fully saturated rings. The van der Waals surface area contributed by atoms with Crippen LogP contribution in [0, 0.1) is 0 Å². The number of hydrogen-bond donors (Lipinski definition) is 2. The molecule has 1 amide bonds. The number of hydrogen-bond acceptors (Lipinski definition) is 4. The largest absolute Gasteiger partial charge is 0.368 e. The SMILES string of the molecule is CC(C)N(CC(N)=O)c1nc2c(cc1CN)CCCC2. The number of rotatable bonds is 5. The molecule has 0 radical (unpaired) electrons. The molecule has 0 aliphatic heterocycles. The summed E-state index contributed by atoms with van der Waals surface area (Å²) < 4.78 is 0. The zero-order valence-electron chi connectivity index (χ0n) is 12.4. The highest BCUT2D eigenvalue weighted by atomic mass is 16.1. The lowest BCUT2D eigenvalue weighted by Gasteiger charge is -2.30.